The van der Waals surface area contributed by atoms with Gasteiger partial charge in [-0.25, -0.2) is 8.42 Å². The summed E-state index contributed by atoms with van der Waals surface area (Å²) < 4.78 is 70.4. The molecule has 1 atom stereocenters. The fourth-order valence-electron chi connectivity index (χ4n) is 4.81. The van der Waals surface area contributed by atoms with Gasteiger partial charge in [0, 0.05) is 20.0 Å². The molecule has 47 heavy (non-hydrogen) atoms. The number of amides is 2. The van der Waals surface area contributed by atoms with E-state index in [0.717, 1.165) is 17.7 Å². The third kappa shape index (κ3) is 8.78. The van der Waals surface area contributed by atoms with Crippen molar-refractivity contribution in [1.82, 2.24) is 10.2 Å². The van der Waals surface area contributed by atoms with Crippen molar-refractivity contribution in [2.75, 3.05) is 17.9 Å². The fraction of sp³-hybridized carbons (Fsp3) is 0.212. The molecule has 14 heteroatoms. The van der Waals surface area contributed by atoms with Crippen molar-refractivity contribution in [1.29, 1.82) is 0 Å². The van der Waals surface area contributed by atoms with Gasteiger partial charge in [-0.1, -0.05) is 88.9 Å². The van der Waals surface area contributed by atoms with Crippen LogP contribution in [0.2, 0.25) is 15.1 Å². The number of carbonyl (C=O) groups is 2. The molecule has 0 spiro atoms. The number of nitrogens with one attached hydrogen (secondary N) is 1. The largest absolute Gasteiger partial charge is 0.417 e. The van der Waals surface area contributed by atoms with Gasteiger partial charge in [0.05, 0.1) is 31.2 Å². The van der Waals surface area contributed by atoms with Crippen LogP contribution in [0.1, 0.15) is 22.3 Å². The Hall–Kier alpha value is -3.77. The van der Waals surface area contributed by atoms with Gasteiger partial charge < -0.3 is 10.2 Å². The predicted molar refractivity (Wildman–Crippen MR) is 177 cm³/mol. The van der Waals surface area contributed by atoms with E-state index in [4.69, 9.17) is 34.8 Å². The van der Waals surface area contributed by atoms with Crippen LogP contribution in [0.4, 0.5) is 18.9 Å². The third-order valence-corrected chi connectivity index (χ3v) is 10.1. The topological polar surface area (TPSA) is 86.8 Å². The molecule has 2 amide bonds. The predicted octanol–water partition coefficient (Wildman–Crippen LogP) is 7.56. The summed E-state index contributed by atoms with van der Waals surface area (Å²) in [5, 5.41) is 2.33. The molecule has 0 aliphatic rings. The first kappa shape index (κ1) is 36.1. The van der Waals surface area contributed by atoms with Gasteiger partial charge in [0.15, 0.2) is 0 Å². The lowest BCUT2D eigenvalue weighted by Crippen LogP contribution is -2.53. The highest BCUT2D eigenvalue weighted by molar-refractivity contribution is 7.92. The van der Waals surface area contributed by atoms with Crippen molar-refractivity contribution < 1.29 is 31.2 Å². The third-order valence-electron chi connectivity index (χ3n) is 7.29. The van der Waals surface area contributed by atoms with Crippen molar-refractivity contribution >= 4 is 62.3 Å². The number of likely N-dealkylation sites (N-methyl/N-ethyl adjacent to an activating group) is 1. The molecule has 0 fully saturated rings. The van der Waals surface area contributed by atoms with E-state index in [0.29, 0.717) is 21.5 Å². The van der Waals surface area contributed by atoms with Crippen molar-refractivity contribution in [3.8, 4) is 0 Å². The van der Waals surface area contributed by atoms with Crippen LogP contribution in [0, 0.1) is 6.92 Å². The van der Waals surface area contributed by atoms with Gasteiger partial charge in [0.1, 0.15) is 12.6 Å². The zero-order valence-corrected chi connectivity index (χ0v) is 28.1. The lowest BCUT2D eigenvalue weighted by atomic mass is 10.0. The summed E-state index contributed by atoms with van der Waals surface area (Å²) in [6.45, 7) is 0.561. The zero-order valence-electron chi connectivity index (χ0n) is 25.1. The minimum absolute atomic E-state index is 0.0391. The molecule has 0 aromatic heterocycles. The Morgan fingerprint density at radius 3 is 2.06 bits per heavy atom. The molecule has 0 saturated carbocycles. The van der Waals surface area contributed by atoms with Crippen LogP contribution >= 0.6 is 34.8 Å². The average Bonchev–Trinajstić information content (AvgIpc) is 3.03. The Balaban J connectivity index is 1.86. The summed E-state index contributed by atoms with van der Waals surface area (Å²) in [5.74, 6) is -1.43. The number of anilines is 1. The molecular weight excluding hydrogens is 698 g/mol. The summed E-state index contributed by atoms with van der Waals surface area (Å²) in [6, 6.07) is 20.5. The highest BCUT2D eigenvalue weighted by Crippen LogP contribution is 2.38. The van der Waals surface area contributed by atoms with Gasteiger partial charge in [0.2, 0.25) is 11.8 Å². The Bertz CT molecular complexity index is 1860. The Kier molecular flexibility index (Phi) is 11.5. The molecule has 0 aliphatic carbocycles. The first-order valence-corrected chi connectivity index (χ1v) is 16.6. The quantitative estimate of drug-likeness (QED) is 0.173. The molecule has 0 aliphatic heterocycles. The van der Waals surface area contributed by atoms with E-state index >= 15 is 0 Å². The minimum Gasteiger partial charge on any atom is -0.357 e. The van der Waals surface area contributed by atoms with Crippen molar-refractivity contribution in [2.45, 2.75) is 37.0 Å². The van der Waals surface area contributed by atoms with Crippen LogP contribution in [0.3, 0.4) is 0 Å². The van der Waals surface area contributed by atoms with Crippen molar-refractivity contribution in [3.63, 3.8) is 0 Å². The number of hydrogen-bond acceptors (Lipinski definition) is 4. The number of carbonyl (C=O) groups excluding carboxylic acids is 2. The molecule has 4 rings (SSSR count). The second-order valence-electron chi connectivity index (χ2n) is 10.6. The summed E-state index contributed by atoms with van der Waals surface area (Å²) in [7, 11) is -3.24. The van der Waals surface area contributed by atoms with Crippen LogP contribution in [-0.2, 0) is 38.8 Å². The van der Waals surface area contributed by atoms with Crippen LogP contribution in [0.15, 0.2) is 95.9 Å². The molecule has 1 unspecified atom stereocenters. The smallest absolute Gasteiger partial charge is 0.357 e. The number of halogens is 6. The van der Waals surface area contributed by atoms with E-state index in [-0.39, 0.29) is 27.9 Å². The molecule has 4 aromatic rings. The highest BCUT2D eigenvalue weighted by atomic mass is 35.5. The van der Waals surface area contributed by atoms with Crippen LogP contribution < -0.4 is 9.62 Å². The number of aryl methyl sites for hydroxylation is 1. The van der Waals surface area contributed by atoms with Gasteiger partial charge in [-0.2, -0.15) is 13.2 Å². The van der Waals surface area contributed by atoms with Gasteiger partial charge in [-0.15, -0.1) is 0 Å². The van der Waals surface area contributed by atoms with Crippen molar-refractivity contribution in [3.05, 3.63) is 128 Å². The van der Waals surface area contributed by atoms with E-state index in [1.54, 1.807) is 43.3 Å². The number of alkyl halides is 3. The van der Waals surface area contributed by atoms with E-state index < -0.39 is 56.9 Å². The normalized spacial score (nSPS) is 12.3. The Morgan fingerprint density at radius 1 is 0.830 bits per heavy atom. The molecule has 248 valence electrons. The van der Waals surface area contributed by atoms with E-state index in [9.17, 15) is 31.2 Å². The zero-order chi connectivity index (χ0) is 34.5. The molecule has 1 N–H and O–H groups in total. The van der Waals surface area contributed by atoms with Crippen LogP contribution in [0.5, 0.6) is 0 Å². The number of hydrogen-bond donors (Lipinski definition) is 1. The lowest BCUT2D eigenvalue weighted by Gasteiger charge is -2.33. The molecule has 0 bridgehead atoms. The summed E-state index contributed by atoms with van der Waals surface area (Å²) in [4.78, 5) is 28.6. The summed E-state index contributed by atoms with van der Waals surface area (Å²) in [6.07, 6.45) is -4.88. The number of rotatable bonds is 11. The van der Waals surface area contributed by atoms with Gasteiger partial charge in [-0.3, -0.25) is 13.9 Å². The summed E-state index contributed by atoms with van der Waals surface area (Å²) >= 11 is 18.2. The number of benzene rings is 4. The standard InChI is InChI=1S/C33H29Cl3F3N3O4S/c1-21-8-12-25(13-9-21)47(45,46)42(24-11-15-27(34)26(18-24)33(37,38)39)20-31(43)41(19-23-10-14-28(35)29(36)16-23)30(32(44)40-2)17-22-6-4-3-5-7-22/h3-16,18,30H,17,19-20H2,1-2H3,(H,40,44). The monoisotopic (exact) mass is 725 g/mol. The molecule has 0 heterocycles. The van der Waals surface area contributed by atoms with E-state index in [1.165, 1.54) is 48.3 Å². The highest BCUT2D eigenvalue weighted by Gasteiger charge is 2.37. The Morgan fingerprint density at radius 2 is 1.47 bits per heavy atom. The van der Waals surface area contributed by atoms with Crippen molar-refractivity contribution in [2.24, 2.45) is 0 Å². The maximum atomic E-state index is 14.3. The van der Waals surface area contributed by atoms with Crippen LogP contribution in [0.25, 0.3) is 0 Å². The first-order valence-electron chi connectivity index (χ1n) is 14.1. The number of sulfonamides is 1. The molecule has 0 radical (unpaired) electrons. The maximum absolute atomic E-state index is 14.3. The molecular formula is C33H29Cl3F3N3O4S. The first-order chi connectivity index (χ1) is 22.1. The second kappa shape index (κ2) is 15.0. The van der Waals surface area contributed by atoms with E-state index in [2.05, 4.69) is 5.32 Å². The number of nitrogens with zero attached hydrogens (tertiary/aromatic N) is 2. The molecule has 7 nitrogen and oxygen atoms in total. The Labute approximate surface area is 285 Å². The molecule has 0 saturated heterocycles. The maximum Gasteiger partial charge on any atom is 0.417 e. The van der Waals surface area contributed by atoms with E-state index in [1.807, 2.05) is 0 Å². The fourth-order valence-corrected chi connectivity index (χ4v) is 6.76. The molecule has 4 aromatic carbocycles. The summed E-state index contributed by atoms with van der Waals surface area (Å²) in [5.41, 5.74) is 0.163. The van der Waals surface area contributed by atoms with Gasteiger partial charge in [-0.05, 0) is 60.5 Å². The average molecular weight is 727 g/mol. The second-order valence-corrected chi connectivity index (χ2v) is 13.7. The minimum atomic E-state index is -4.92. The lowest BCUT2D eigenvalue weighted by molar-refractivity contribution is -0.139. The van der Waals surface area contributed by atoms with Gasteiger partial charge in [0.25, 0.3) is 10.0 Å². The van der Waals surface area contributed by atoms with Gasteiger partial charge >= 0.3 is 6.18 Å². The van der Waals surface area contributed by atoms with Crippen LogP contribution in [-0.4, -0.2) is 44.8 Å². The SMILES string of the molecule is CNC(=O)C(Cc1ccccc1)N(Cc1ccc(Cl)c(Cl)c1)C(=O)CN(c1ccc(Cl)c(C(F)(F)F)c1)S(=O)(=O)c1ccc(C)cc1.